The maximum atomic E-state index is 10.9. The molecule has 0 aliphatic carbocycles. The third-order valence-corrected chi connectivity index (χ3v) is 1.90. The maximum Gasteiger partial charge on any atom is 0.325 e. The number of esters is 1. The Hall–Kier alpha value is -0.610. The van der Waals surface area contributed by atoms with Gasteiger partial charge in [-0.05, 0) is 13.3 Å². The van der Waals surface area contributed by atoms with Gasteiger partial charge in [-0.2, -0.15) is 0 Å². The largest absolute Gasteiger partial charge is 0.468 e. The summed E-state index contributed by atoms with van der Waals surface area (Å²) in [5.74, 6) is -0.387. The van der Waals surface area contributed by atoms with Crippen LogP contribution in [0.15, 0.2) is 0 Å². The Labute approximate surface area is 65.5 Å². The first-order chi connectivity index (χ1) is 5.15. The molecule has 0 radical (unpaired) electrons. The van der Waals surface area contributed by atoms with E-state index in [-0.39, 0.29) is 12.0 Å². The maximum absolute atomic E-state index is 10.9. The van der Waals surface area contributed by atoms with E-state index < -0.39 is 12.1 Å². The molecule has 1 aliphatic rings. The number of aliphatic hydroxyl groups is 1. The van der Waals surface area contributed by atoms with Crippen LogP contribution in [0.4, 0.5) is 0 Å². The zero-order valence-electron chi connectivity index (χ0n) is 6.70. The smallest absolute Gasteiger partial charge is 0.325 e. The van der Waals surface area contributed by atoms with Gasteiger partial charge < -0.3 is 9.84 Å². The quantitative estimate of drug-likeness (QED) is 0.495. The summed E-state index contributed by atoms with van der Waals surface area (Å²) in [5.41, 5.74) is 0. The lowest BCUT2D eigenvalue weighted by Gasteiger charge is -2.11. The van der Waals surface area contributed by atoms with Crippen LogP contribution in [0.3, 0.4) is 0 Å². The van der Waals surface area contributed by atoms with Crippen LogP contribution in [-0.4, -0.2) is 36.4 Å². The summed E-state index contributed by atoms with van der Waals surface area (Å²) in [5, 5.41) is 12.2. The molecule has 0 saturated carbocycles. The standard InChI is InChI=1S/C7H13NO3/c1-4-3-5(9)6(8-4)7(10)11-2/h4-6,8-9H,3H2,1-2H3/t4-,5-,6-/m0/s1. The van der Waals surface area contributed by atoms with Crippen LogP contribution in [-0.2, 0) is 9.53 Å². The Morgan fingerprint density at radius 1 is 1.73 bits per heavy atom. The van der Waals surface area contributed by atoms with E-state index in [4.69, 9.17) is 0 Å². The first-order valence-electron chi connectivity index (χ1n) is 3.67. The number of methoxy groups -OCH3 is 1. The van der Waals surface area contributed by atoms with E-state index in [0.29, 0.717) is 6.42 Å². The predicted octanol–water partition coefficient (Wildman–Crippen LogP) is -0.729. The van der Waals surface area contributed by atoms with E-state index in [1.54, 1.807) is 0 Å². The van der Waals surface area contributed by atoms with E-state index in [2.05, 4.69) is 10.1 Å². The molecule has 4 nitrogen and oxygen atoms in total. The third-order valence-electron chi connectivity index (χ3n) is 1.90. The average Bonchev–Trinajstić information content (AvgIpc) is 2.28. The Balaban J connectivity index is 2.52. The number of rotatable bonds is 1. The fraction of sp³-hybridized carbons (Fsp3) is 0.857. The van der Waals surface area contributed by atoms with E-state index >= 15 is 0 Å². The Kier molecular flexibility index (Phi) is 2.46. The van der Waals surface area contributed by atoms with Gasteiger partial charge in [-0.25, -0.2) is 0 Å². The number of aliphatic hydroxyl groups excluding tert-OH is 1. The fourth-order valence-corrected chi connectivity index (χ4v) is 1.34. The SMILES string of the molecule is COC(=O)[C@H]1N[C@@H](C)C[C@@H]1O. The van der Waals surface area contributed by atoms with Crippen molar-refractivity contribution < 1.29 is 14.6 Å². The first-order valence-corrected chi connectivity index (χ1v) is 3.67. The molecule has 0 aromatic heterocycles. The van der Waals surface area contributed by atoms with Crippen LogP contribution < -0.4 is 5.32 Å². The van der Waals surface area contributed by atoms with Gasteiger partial charge in [0.25, 0.3) is 0 Å². The highest BCUT2D eigenvalue weighted by Crippen LogP contribution is 2.13. The lowest BCUT2D eigenvalue weighted by molar-refractivity contribution is -0.144. The number of ether oxygens (including phenoxy) is 1. The normalized spacial score (nSPS) is 37.2. The monoisotopic (exact) mass is 159 g/mol. The zero-order chi connectivity index (χ0) is 8.43. The van der Waals surface area contributed by atoms with Crippen LogP contribution in [0.2, 0.25) is 0 Å². The molecule has 0 unspecified atom stereocenters. The molecule has 0 spiro atoms. The van der Waals surface area contributed by atoms with Crippen molar-refractivity contribution in [2.75, 3.05) is 7.11 Å². The molecule has 1 aliphatic heterocycles. The second kappa shape index (κ2) is 3.19. The molecule has 3 atom stereocenters. The summed E-state index contributed by atoms with van der Waals surface area (Å²) in [6.45, 7) is 1.92. The van der Waals surface area contributed by atoms with Crippen molar-refractivity contribution in [1.82, 2.24) is 5.32 Å². The van der Waals surface area contributed by atoms with Crippen LogP contribution in [0, 0.1) is 0 Å². The number of nitrogens with one attached hydrogen (secondary N) is 1. The fourth-order valence-electron chi connectivity index (χ4n) is 1.34. The predicted molar refractivity (Wildman–Crippen MR) is 39.0 cm³/mol. The molecule has 0 aromatic carbocycles. The summed E-state index contributed by atoms with van der Waals surface area (Å²) < 4.78 is 4.49. The molecule has 0 bridgehead atoms. The molecule has 1 heterocycles. The van der Waals surface area contributed by atoms with Gasteiger partial charge in [0, 0.05) is 6.04 Å². The molecule has 64 valence electrons. The molecule has 1 rings (SSSR count). The van der Waals surface area contributed by atoms with Crippen molar-refractivity contribution in [3.63, 3.8) is 0 Å². The van der Waals surface area contributed by atoms with Gasteiger partial charge in [0.2, 0.25) is 0 Å². The lowest BCUT2D eigenvalue weighted by atomic mass is 10.1. The van der Waals surface area contributed by atoms with Gasteiger partial charge in [0.15, 0.2) is 0 Å². The molecule has 2 N–H and O–H groups in total. The topological polar surface area (TPSA) is 58.6 Å². The highest BCUT2D eigenvalue weighted by molar-refractivity contribution is 5.76. The van der Waals surface area contributed by atoms with Crippen molar-refractivity contribution in [2.45, 2.75) is 31.5 Å². The molecule has 1 saturated heterocycles. The summed E-state index contributed by atoms with van der Waals surface area (Å²) >= 11 is 0. The summed E-state index contributed by atoms with van der Waals surface area (Å²) in [6.07, 6.45) is 0.0113. The molecular formula is C7H13NO3. The van der Waals surface area contributed by atoms with Crippen molar-refractivity contribution in [3.05, 3.63) is 0 Å². The van der Waals surface area contributed by atoms with Gasteiger partial charge in [0.1, 0.15) is 6.04 Å². The zero-order valence-corrected chi connectivity index (χ0v) is 6.70. The average molecular weight is 159 g/mol. The third kappa shape index (κ3) is 1.70. The minimum atomic E-state index is -0.600. The van der Waals surface area contributed by atoms with Crippen molar-refractivity contribution in [3.8, 4) is 0 Å². The van der Waals surface area contributed by atoms with E-state index in [1.165, 1.54) is 7.11 Å². The summed E-state index contributed by atoms with van der Waals surface area (Å²) in [4.78, 5) is 10.9. The van der Waals surface area contributed by atoms with Gasteiger partial charge in [-0.15, -0.1) is 0 Å². The van der Waals surface area contributed by atoms with Gasteiger partial charge in [-0.1, -0.05) is 0 Å². The molecule has 4 heteroatoms. The van der Waals surface area contributed by atoms with Gasteiger partial charge >= 0.3 is 5.97 Å². The Bertz CT molecular complexity index is 160. The molecular weight excluding hydrogens is 146 g/mol. The van der Waals surface area contributed by atoms with Crippen LogP contribution in [0.25, 0.3) is 0 Å². The minimum Gasteiger partial charge on any atom is -0.468 e. The van der Waals surface area contributed by atoms with Crippen LogP contribution >= 0.6 is 0 Å². The Morgan fingerprint density at radius 2 is 2.36 bits per heavy atom. The van der Waals surface area contributed by atoms with Crippen LogP contribution in [0.5, 0.6) is 0 Å². The first kappa shape index (κ1) is 8.49. The molecule has 11 heavy (non-hydrogen) atoms. The Morgan fingerprint density at radius 3 is 2.73 bits per heavy atom. The van der Waals surface area contributed by atoms with E-state index in [9.17, 15) is 9.90 Å². The summed E-state index contributed by atoms with van der Waals surface area (Å²) in [6, 6.07) is -0.343. The van der Waals surface area contributed by atoms with Crippen molar-refractivity contribution >= 4 is 5.97 Å². The van der Waals surface area contributed by atoms with E-state index in [1.807, 2.05) is 6.92 Å². The number of carbonyl (C=O) groups excluding carboxylic acids is 1. The molecule has 0 aromatic rings. The van der Waals surface area contributed by atoms with Crippen molar-refractivity contribution in [1.29, 1.82) is 0 Å². The van der Waals surface area contributed by atoms with Gasteiger partial charge in [0.05, 0.1) is 13.2 Å². The number of hydrogen-bond donors (Lipinski definition) is 2. The highest BCUT2D eigenvalue weighted by Gasteiger charge is 2.35. The molecule has 1 fully saturated rings. The van der Waals surface area contributed by atoms with E-state index in [0.717, 1.165) is 0 Å². The highest BCUT2D eigenvalue weighted by atomic mass is 16.5. The number of hydrogen-bond acceptors (Lipinski definition) is 4. The second-order valence-corrected chi connectivity index (χ2v) is 2.87. The lowest BCUT2D eigenvalue weighted by Crippen LogP contribution is -2.40. The minimum absolute atomic E-state index is 0.189. The molecule has 0 amide bonds. The van der Waals surface area contributed by atoms with Crippen LogP contribution in [0.1, 0.15) is 13.3 Å². The van der Waals surface area contributed by atoms with Crippen molar-refractivity contribution in [2.24, 2.45) is 0 Å². The van der Waals surface area contributed by atoms with Gasteiger partial charge in [-0.3, -0.25) is 10.1 Å². The summed E-state index contributed by atoms with van der Waals surface area (Å²) in [7, 11) is 1.32. The second-order valence-electron chi connectivity index (χ2n) is 2.87. The number of carbonyl (C=O) groups is 1.